The number of hydrogen-bond donors (Lipinski definition) is 2. The topological polar surface area (TPSA) is 73.6 Å². The third-order valence-corrected chi connectivity index (χ3v) is 3.51. The molecular formula is C18H30N2O3. The SMILES string of the molecule is CCCCOc1ccc(CNC(=O)[C@@H](N)CC(C)C)cc1OC. The molecule has 0 unspecified atom stereocenters. The number of hydrogen-bond acceptors (Lipinski definition) is 4. The molecule has 0 radical (unpaired) electrons. The third-order valence-electron chi connectivity index (χ3n) is 3.51. The summed E-state index contributed by atoms with van der Waals surface area (Å²) in [5.74, 6) is 1.68. The zero-order chi connectivity index (χ0) is 17.2. The first kappa shape index (κ1) is 19.3. The Balaban J connectivity index is 2.59. The van der Waals surface area contributed by atoms with Crippen LogP contribution in [0.4, 0.5) is 0 Å². The Hall–Kier alpha value is -1.75. The van der Waals surface area contributed by atoms with E-state index < -0.39 is 6.04 Å². The summed E-state index contributed by atoms with van der Waals surface area (Å²) >= 11 is 0. The molecule has 3 N–H and O–H groups in total. The molecule has 0 fully saturated rings. The maximum atomic E-state index is 12.0. The largest absolute Gasteiger partial charge is 0.493 e. The van der Waals surface area contributed by atoms with E-state index >= 15 is 0 Å². The standard InChI is InChI=1S/C18H30N2O3/c1-5-6-9-23-16-8-7-14(11-17(16)22-4)12-20-18(21)15(19)10-13(2)3/h7-8,11,13,15H,5-6,9-10,12,19H2,1-4H3,(H,20,21)/t15-/m0/s1. The van der Waals surface area contributed by atoms with Crippen LogP contribution in [0.25, 0.3) is 0 Å². The summed E-state index contributed by atoms with van der Waals surface area (Å²) in [6.07, 6.45) is 2.77. The van der Waals surface area contributed by atoms with Crippen LogP contribution < -0.4 is 20.5 Å². The molecule has 5 nitrogen and oxygen atoms in total. The van der Waals surface area contributed by atoms with Gasteiger partial charge in [-0.3, -0.25) is 4.79 Å². The Morgan fingerprint density at radius 1 is 1.30 bits per heavy atom. The average molecular weight is 322 g/mol. The zero-order valence-electron chi connectivity index (χ0n) is 14.7. The van der Waals surface area contributed by atoms with Crippen molar-refractivity contribution in [3.63, 3.8) is 0 Å². The number of methoxy groups -OCH3 is 1. The van der Waals surface area contributed by atoms with Crippen molar-refractivity contribution in [2.45, 2.75) is 52.6 Å². The highest BCUT2D eigenvalue weighted by atomic mass is 16.5. The van der Waals surface area contributed by atoms with Gasteiger partial charge in [-0.05, 0) is 36.5 Å². The van der Waals surface area contributed by atoms with E-state index in [2.05, 4.69) is 26.1 Å². The van der Waals surface area contributed by atoms with Crippen LogP contribution in [0.15, 0.2) is 18.2 Å². The Labute approximate surface area is 139 Å². The lowest BCUT2D eigenvalue weighted by atomic mass is 10.0. The van der Waals surface area contributed by atoms with Gasteiger partial charge in [-0.2, -0.15) is 0 Å². The fourth-order valence-electron chi connectivity index (χ4n) is 2.20. The van der Waals surface area contributed by atoms with Crippen LogP contribution >= 0.6 is 0 Å². The monoisotopic (exact) mass is 322 g/mol. The van der Waals surface area contributed by atoms with Crippen molar-refractivity contribution >= 4 is 5.91 Å². The van der Waals surface area contributed by atoms with E-state index in [1.165, 1.54) is 0 Å². The van der Waals surface area contributed by atoms with Gasteiger partial charge in [0.25, 0.3) is 0 Å². The molecule has 1 rings (SSSR count). The highest BCUT2D eigenvalue weighted by Gasteiger charge is 2.14. The van der Waals surface area contributed by atoms with Crippen molar-refractivity contribution in [3.05, 3.63) is 23.8 Å². The average Bonchev–Trinajstić information content (AvgIpc) is 2.52. The van der Waals surface area contributed by atoms with Crippen LogP contribution in [-0.2, 0) is 11.3 Å². The summed E-state index contributed by atoms with van der Waals surface area (Å²) < 4.78 is 11.1. The molecule has 0 saturated carbocycles. The minimum absolute atomic E-state index is 0.124. The maximum absolute atomic E-state index is 12.0. The summed E-state index contributed by atoms with van der Waals surface area (Å²) in [6, 6.07) is 5.23. The second-order valence-corrected chi connectivity index (χ2v) is 6.14. The first-order valence-corrected chi connectivity index (χ1v) is 8.30. The number of rotatable bonds is 10. The van der Waals surface area contributed by atoms with Crippen LogP contribution in [-0.4, -0.2) is 25.7 Å². The summed E-state index contributed by atoms with van der Waals surface area (Å²) in [4.78, 5) is 12.0. The van der Waals surface area contributed by atoms with Crippen LogP contribution in [0.5, 0.6) is 11.5 Å². The molecule has 0 aliphatic carbocycles. The molecule has 0 aliphatic rings. The Morgan fingerprint density at radius 3 is 2.65 bits per heavy atom. The number of carbonyl (C=O) groups excluding carboxylic acids is 1. The fraction of sp³-hybridized carbons (Fsp3) is 0.611. The first-order chi connectivity index (χ1) is 11.0. The molecule has 0 bridgehead atoms. The summed E-state index contributed by atoms with van der Waals surface area (Å²) in [5.41, 5.74) is 6.83. The van der Waals surface area contributed by atoms with Crippen molar-refractivity contribution < 1.29 is 14.3 Å². The number of amides is 1. The van der Waals surface area contributed by atoms with E-state index in [1.54, 1.807) is 7.11 Å². The maximum Gasteiger partial charge on any atom is 0.237 e. The van der Waals surface area contributed by atoms with E-state index in [9.17, 15) is 4.79 Å². The highest BCUT2D eigenvalue weighted by molar-refractivity contribution is 5.81. The van der Waals surface area contributed by atoms with Crippen LogP contribution in [0, 0.1) is 5.92 Å². The fourth-order valence-corrected chi connectivity index (χ4v) is 2.20. The first-order valence-electron chi connectivity index (χ1n) is 8.30. The minimum atomic E-state index is -0.464. The molecule has 130 valence electrons. The van der Waals surface area contributed by atoms with E-state index in [0.29, 0.717) is 31.2 Å². The van der Waals surface area contributed by atoms with Crippen molar-refractivity contribution in [3.8, 4) is 11.5 Å². The number of ether oxygens (including phenoxy) is 2. The van der Waals surface area contributed by atoms with Crippen molar-refractivity contribution in [1.29, 1.82) is 0 Å². The van der Waals surface area contributed by atoms with Gasteiger partial charge in [-0.1, -0.05) is 33.3 Å². The van der Waals surface area contributed by atoms with E-state index in [1.807, 2.05) is 18.2 Å². The number of nitrogens with two attached hydrogens (primary N) is 1. The molecule has 0 heterocycles. The summed E-state index contributed by atoms with van der Waals surface area (Å²) in [6.45, 7) is 7.32. The number of carbonyl (C=O) groups is 1. The molecular weight excluding hydrogens is 292 g/mol. The zero-order valence-corrected chi connectivity index (χ0v) is 14.7. The Bertz CT molecular complexity index is 489. The Kier molecular flexibility index (Phi) is 8.48. The minimum Gasteiger partial charge on any atom is -0.493 e. The number of unbranched alkanes of at least 4 members (excludes halogenated alkanes) is 1. The molecule has 1 aromatic rings. The highest BCUT2D eigenvalue weighted by Crippen LogP contribution is 2.28. The lowest BCUT2D eigenvalue weighted by Gasteiger charge is -2.15. The molecule has 0 saturated heterocycles. The summed E-state index contributed by atoms with van der Waals surface area (Å²) in [5, 5.41) is 2.87. The van der Waals surface area contributed by atoms with Gasteiger partial charge in [-0.15, -0.1) is 0 Å². The van der Waals surface area contributed by atoms with Gasteiger partial charge in [0, 0.05) is 6.54 Å². The van der Waals surface area contributed by atoms with Crippen LogP contribution in [0.3, 0.4) is 0 Å². The number of nitrogens with one attached hydrogen (secondary N) is 1. The van der Waals surface area contributed by atoms with E-state index in [-0.39, 0.29) is 5.91 Å². The smallest absolute Gasteiger partial charge is 0.237 e. The Morgan fingerprint density at radius 2 is 2.04 bits per heavy atom. The molecule has 0 spiro atoms. The van der Waals surface area contributed by atoms with Crippen molar-refractivity contribution in [1.82, 2.24) is 5.32 Å². The molecule has 1 aromatic carbocycles. The van der Waals surface area contributed by atoms with Crippen molar-refractivity contribution in [2.75, 3.05) is 13.7 Å². The van der Waals surface area contributed by atoms with Gasteiger partial charge in [0.2, 0.25) is 5.91 Å². The van der Waals surface area contributed by atoms with Gasteiger partial charge in [0.1, 0.15) is 0 Å². The van der Waals surface area contributed by atoms with Crippen molar-refractivity contribution in [2.24, 2.45) is 11.7 Å². The molecule has 0 aromatic heterocycles. The molecule has 0 aliphatic heterocycles. The molecule has 5 heteroatoms. The van der Waals surface area contributed by atoms with Gasteiger partial charge < -0.3 is 20.5 Å². The van der Waals surface area contributed by atoms with Crippen LogP contribution in [0.2, 0.25) is 0 Å². The normalized spacial score (nSPS) is 12.1. The second-order valence-electron chi connectivity index (χ2n) is 6.14. The van der Waals surface area contributed by atoms with Gasteiger partial charge in [-0.25, -0.2) is 0 Å². The lowest BCUT2D eigenvalue weighted by Crippen LogP contribution is -2.41. The lowest BCUT2D eigenvalue weighted by molar-refractivity contribution is -0.122. The predicted octanol–water partition coefficient (Wildman–Crippen LogP) is 2.86. The second kappa shape index (κ2) is 10.1. The predicted molar refractivity (Wildman–Crippen MR) is 92.7 cm³/mol. The summed E-state index contributed by atoms with van der Waals surface area (Å²) in [7, 11) is 1.61. The van der Waals surface area contributed by atoms with Gasteiger partial charge in [0.05, 0.1) is 19.8 Å². The quantitative estimate of drug-likeness (QED) is 0.650. The molecule has 1 atom stereocenters. The molecule has 23 heavy (non-hydrogen) atoms. The van der Waals surface area contributed by atoms with E-state index in [0.717, 1.165) is 24.2 Å². The molecule has 1 amide bonds. The van der Waals surface area contributed by atoms with Crippen LogP contribution in [0.1, 0.15) is 45.6 Å². The van der Waals surface area contributed by atoms with Gasteiger partial charge in [0.15, 0.2) is 11.5 Å². The third kappa shape index (κ3) is 6.91. The van der Waals surface area contributed by atoms with Gasteiger partial charge >= 0.3 is 0 Å². The number of benzene rings is 1. The van der Waals surface area contributed by atoms with E-state index in [4.69, 9.17) is 15.2 Å².